The minimum Gasteiger partial charge on any atom is -0.463 e. The molecule has 2 aromatic rings. The minimum atomic E-state index is -0.542. The predicted molar refractivity (Wildman–Crippen MR) is 60.3 cm³/mol. The van der Waals surface area contributed by atoms with E-state index in [1.54, 1.807) is 17.1 Å². The Morgan fingerprint density at radius 2 is 2.00 bits per heavy atom. The highest BCUT2D eigenvalue weighted by Gasteiger charge is 2.11. The van der Waals surface area contributed by atoms with Crippen molar-refractivity contribution in [3.05, 3.63) is 30.1 Å². The maximum atomic E-state index is 11.2. The van der Waals surface area contributed by atoms with E-state index >= 15 is 0 Å². The van der Waals surface area contributed by atoms with Crippen molar-refractivity contribution < 1.29 is 9.53 Å². The molecule has 2 aromatic heterocycles. The van der Waals surface area contributed by atoms with E-state index in [1.165, 1.54) is 7.11 Å². The number of methoxy groups -OCH3 is 1. The number of aryl methyl sites for hydroxylation is 2. The lowest BCUT2D eigenvalue weighted by Crippen LogP contribution is -2.06. The molecule has 0 N–H and O–H groups in total. The van der Waals surface area contributed by atoms with Gasteiger partial charge in [-0.05, 0) is 6.92 Å². The van der Waals surface area contributed by atoms with Gasteiger partial charge < -0.3 is 4.74 Å². The second kappa shape index (κ2) is 4.32. The number of ether oxygens (including phenoxy) is 1. The van der Waals surface area contributed by atoms with Crippen LogP contribution in [-0.4, -0.2) is 32.8 Å². The van der Waals surface area contributed by atoms with Crippen molar-refractivity contribution in [2.24, 2.45) is 7.05 Å². The summed E-state index contributed by atoms with van der Waals surface area (Å²) >= 11 is 0. The Balaban J connectivity index is 2.35. The van der Waals surface area contributed by atoms with Gasteiger partial charge in [0.15, 0.2) is 0 Å². The minimum absolute atomic E-state index is 0.0535. The molecule has 6 nitrogen and oxygen atoms in total. The summed E-state index contributed by atoms with van der Waals surface area (Å²) in [6, 6.07) is 0. The second-order valence-electron chi connectivity index (χ2n) is 3.59. The van der Waals surface area contributed by atoms with Gasteiger partial charge in [0.2, 0.25) is 5.82 Å². The monoisotopic (exact) mass is 232 g/mol. The molecule has 0 fully saturated rings. The number of nitrogens with zero attached hydrogens (tertiary/aromatic N) is 4. The highest BCUT2D eigenvalue weighted by atomic mass is 16.5. The molecular weight excluding hydrogens is 220 g/mol. The average molecular weight is 232 g/mol. The molecule has 0 spiro atoms. The van der Waals surface area contributed by atoms with Gasteiger partial charge >= 0.3 is 5.97 Å². The van der Waals surface area contributed by atoms with Crippen molar-refractivity contribution in [2.75, 3.05) is 7.11 Å². The zero-order valence-corrected chi connectivity index (χ0v) is 9.84. The number of hydrogen-bond acceptors (Lipinski definition) is 5. The van der Waals surface area contributed by atoms with Crippen molar-refractivity contribution >= 4 is 5.97 Å². The van der Waals surface area contributed by atoms with Gasteiger partial charge in [-0.25, -0.2) is 14.8 Å². The molecule has 0 bridgehead atoms. The van der Waals surface area contributed by atoms with Crippen LogP contribution in [0, 0.1) is 6.92 Å². The summed E-state index contributed by atoms with van der Waals surface area (Å²) < 4.78 is 6.25. The Morgan fingerprint density at radius 1 is 1.35 bits per heavy atom. The second-order valence-corrected chi connectivity index (χ2v) is 3.59. The quantitative estimate of drug-likeness (QED) is 0.721. The van der Waals surface area contributed by atoms with Crippen LogP contribution < -0.4 is 0 Å². The van der Waals surface area contributed by atoms with Gasteiger partial charge in [0, 0.05) is 36.8 Å². The lowest BCUT2D eigenvalue weighted by atomic mass is 10.1. The summed E-state index contributed by atoms with van der Waals surface area (Å²) in [4.78, 5) is 19.1. The molecule has 0 saturated carbocycles. The maximum absolute atomic E-state index is 11.2. The molecule has 0 aliphatic carbocycles. The molecule has 0 aliphatic rings. The number of esters is 1. The van der Waals surface area contributed by atoms with Gasteiger partial charge in [0.25, 0.3) is 0 Å². The number of hydrogen-bond donors (Lipinski definition) is 0. The van der Waals surface area contributed by atoms with Crippen molar-refractivity contribution in [1.82, 2.24) is 19.7 Å². The highest BCUT2D eigenvalue weighted by Crippen LogP contribution is 2.20. The molecule has 0 aromatic carbocycles. The van der Waals surface area contributed by atoms with Crippen LogP contribution in [0.2, 0.25) is 0 Å². The van der Waals surface area contributed by atoms with E-state index in [0.717, 1.165) is 16.8 Å². The Kier molecular flexibility index (Phi) is 2.86. The third-order valence-electron chi connectivity index (χ3n) is 2.34. The third kappa shape index (κ3) is 2.15. The molecule has 0 unspecified atom stereocenters. The van der Waals surface area contributed by atoms with Gasteiger partial charge in [-0.1, -0.05) is 0 Å². The van der Waals surface area contributed by atoms with Crippen LogP contribution in [0.4, 0.5) is 0 Å². The van der Waals surface area contributed by atoms with Crippen LogP contribution in [0.25, 0.3) is 11.1 Å². The van der Waals surface area contributed by atoms with Crippen molar-refractivity contribution in [3.8, 4) is 11.1 Å². The standard InChI is InChI=1S/C11H12N4O2/c1-7-9(6-15(2)14-7)8-4-12-10(13-5-8)11(16)17-3/h4-6H,1-3H3. The zero-order chi connectivity index (χ0) is 12.4. The Labute approximate surface area is 98.3 Å². The van der Waals surface area contributed by atoms with E-state index in [-0.39, 0.29) is 5.82 Å². The van der Waals surface area contributed by atoms with Crippen LogP contribution in [0.15, 0.2) is 18.6 Å². The molecule has 0 amide bonds. The summed E-state index contributed by atoms with van der Waals surface area (Å²) in [6.07, 6.45) is 5.05. The Morgan fingerprint density at radius 3 is 2.47 bits per heavy atom. The smallest absolute Gasteiger partial charge is 0.376 e. The van der Waals surface area contributed by atoms with E-state index in [4.69, 9.17) is 0 Å². The summed E-state index contributed by atoms with van der Waals surface area (Å²) in [5.74, 6) is -0.489. The number of carbonyl (C=O) groups excluding carboxylic acids is 1. The normalized spacial score (nSPS) is 10.3. The van der Waals surface area contributed by atoms with E-state index in [0.29, 0.717) is 0 Å². The molecule has 0 saturated heterocycles. The van der Waals surface area contributed by atoms with Crippen LogP contribution in [0.1, 0.15) is 16.3 Å². The Hall–Kier alpha value is -2.24. The lowest BCUT2D eigenvalue weighted by Gasteiger charge is -2.00. The summed E-state index contributed by atoms with van der Waals surface area (Å²) in [5.41, 5.74) is 2.66. The van der Waals surface area contributed by atoms with Crippen molar-refractivity contribution in [1.29, 1.82) is 0 Å². The SMILES string of the molecule is COC(=O)c1ncc(-c2cn(C)nc2C)cn1. The molecule has 2 heterocycles. The van der Waals surface area contributed by atoms with Gasteiger partial charge in [-0.2, -0.15) is 5.10 Å². The molecule has 0 aliphatic heterocycles. The van der Waals surface area contributed by atoms with Crippen molar-refractivity contribution in [3.63, 3.8) is 0 Å². The fourth-order valence-electron chi connectivity index (χ4n) is 1.55. The van der Waals surface area contributed by atoms with E-state index in [1.807, 2.05) is 20.2 Å². The van der Waals surface area contributed by atoms with E-state index in [2.05, 4.69) is 19.8 Å². The summed E-state index contributed by atoms with van der Waals surface area (Å²) in [5, 5.41) is 4.23. The maximum Gasteiger partial charge on any atom is 0.376 e. The first kappa shape index (κ1) is 11.3. The molecule has 88 valence electrons. The summed E-state index contributed by atoms with van der Waals surface area (Å²) in [6.45, 7) is 1.91. The van der Waals surface area contributed by atoms with Gasteiger partial charge in [-0.3, -0.25) is 4.68 Å². The largest absolute Gasteiger partial charge is 0.463 e. The molecule has 2 rings (SSSR count). The van der Waals surface area contributed by atoms with Crippen LogP contribution in [-0.2, 0) is 11.8 Å². The average Bonchev–Trinajstić information content (AvgIpc) is 2.68. The van der Waals surface area contributed by atoms with E-state index < -0.39 is 5.97 Å². The van der Waals surface area contributed by atoms with E-state index in [9.17, 15) is 4.79 Å². The first-order valence-electron chi connectivity index (χ1n) is 5.03. The van der Waals surface area contributed by atoms with Crippen molar-refractivity contribution in [2.45, 2.75) is 6.92 Å². The first-order chi connectivity index (χ1) is 8.11. The number of carbonyl (C=O) groups is 1. The van der Waals surface area contributed by atoms with Crippen LogP contribution in [0.5, 0.6) is 0 Å². The van der Waals surface area contributed by atoms with Gasteiger partial charge in [-0.15, -0.1) is 0 Å². The number of rotatable bonds is 2. The lowest BCUT2D eigenvalue weighted by molar-refractivity contribution is 0.0586. The molecule has 0 atom stereocenters. The van der Waals surface area contributed by atoms with Crippen LogP contribution >= 0.6 is 0 Å². The zero-order valence-electron chi connectivity index (χ0n) is 9.84. The van der Waals surface area contributed by atoms with Gasteiger partial charge in [0.1, 0.15) is 0 Å². The third-order valence-corrected chi connectivity index (χ3v) is 2.34. The number of aromatic nitrogens is 4. The fraction of sp³-hybridized carbons (Fsp3) is 0.273. The predicted octanol–water partition coefficient (Wildman–Crippen LogP) is 0.972. The van der Waals surface area contributed by atoms with Gasteiger partial charge in [0.05, 0.1) is 12.8 Å². The fourth-order valence-corrected chi connectivity index (χ4v) is 1.55. The van der Waals surface area contributed by atoms with Crippen LogP contribution in [0.3, 0.4) is 0 Å². The Bertz CT molecular complexity index is 545. The molecule has 17 heavy (non-hydrogen) atoms. The summed E-state index contributed by atoms with van der Waals surface area (Å²) in [7, 11) is 3.14. The first-order valence-corrected chi connectivity index (χ1v) is 5.03. The topological polar surface area (TPSA) is 69.9 Å². The molecular formula is C11H12N4O2. The molecule has 0 radical (unpaired) electrons. The molecule has 6 heteroatoms. The highest BCUT2D eigenvalue weighted by molar-refractivity contribution is 5.85.